The van der Waals surface area contributed by atoms with E-state index in [1.165, 1.54) is 6.92 Å². The Morgan fingerprint density at radius 1 is 1.40 bits per heavy atom. The molecular weight excluding hydrogens is 222 g/mol. The molecule has 15 heavy (non-hydrogen) atoms. The van der Waals surface area contributed by atoms with Gasteiger partial charge in [-0.15, -0.1) is 0 Å². The minimum Gasteiger partial charge on any atom is -0.480 e. The van der Waals surface area contributed by atoms with Crippen molar-refractivity contribution in [1.29, 1.82) is 0 Å². The maximum absolute atomic E-state index is 11.1. The molecule has 0 saturated carbocycles. The predicted octanol–water partition coefficient (Wildman–Crippen LogP) is -0.599. The molecule has 0 aliphatic carbocycles. The van der Waals surface area contributed by atoms with Gasteiger partial charge in [-0.2, -0.15) is 0 Å². The molecule has 0 rings (SSSR count). The molecule has 0 aliphatic heterocycles. The van der Waals surface area contributed by atoms with E-state index in [0.717, 1.165) is 6.26 Å². The van der Waals surface area contributed by atoms with Crippen LogP contribution in [0, 0.1) is 0 Å². The van der Waals surface area contributed by atoms with Crippen LogP contribution in [0.4, 0.5) is 0 Å². The third-order valence-corrected chi connectivity index (χ3v) is 2.70. The molecule has 6 nitrogen and oxygen atoms in total. The lowest BCUT2D eigenvalue weighted by atomic mass is 10.3. The van der Waals surface area contributed by atoms with E-state index >= 15 is 0 Å². The number of hydrogen-bond donors (Lipinski definition) is 2. The molecule has 1 unspecified atom stereocenters. The molecule has 0 fully saturated rings. The molecule has 7 heteroatoms. The third-order valence-electron chi connectivity index (χ3n) is 1.67. The van der Waals surface area contributed by atoms with E-state index < -0.39 is 27.8 Å². The van der Waals surface area contributed by atoms with E-state index in [1.807, 2.05) is 0 Å². The monoisotopic (exact) mass is 237 g/mol. The van der Waals surface area contributed by atoms with Crippen LogP contribution < -0.4 is 5.32 Å². The molecule has 0 saturated heterocycles. The Morgan fingerprint density at radius 2 is 1.93 bits per heavy atom. The molecule has 0 spiro atoms. The molecule has 0 heterocycles. The van der Waals surface area contributed by atoms with Crippen molar-refractivity contribution in [3.05, 3.63) is 0 Å². The number of nitrogens with one attached hydrogen (secondary N) is 1. The molecule has 1 atom stereocenters. The number of aliphatic carboxylic acids is 1. The van der Waals surface area contributed by atoms with Gasteiger partial charge in [0.15, 0.2) is 0 Å². The highest BCUT2D eigenvalue weighted by Crippen LogP contribution is 1.95. The zero-order valence-corrected chi connectivity index (χ0v) is 9.50. The number of carbonyl (C=O) groups is 2. The Balaban J connectivity index is 3.82. The van der Waals surface area contributed by atoms with Gasteiger partial charge in [-0.1, -0.05) is 0 Å². The van der Waals surface area contributed by atoms with Gasteiger partial charge in [0.25, 0.3) is 0 Å². The third kappa shape index (κ3) is 7.92. The zero-order chi connectivity index (χ0) is 12.1. The first kappa shape index (κ1) is 13.9. The van der Waals surface area contributed by atoms with Crippen LogP contribution in [0.15, 0.2) is 0 Å². The summed E-state index contributed by atoms with van der Waals surface area (Å²) in [6.07, 6.45) is 1.31. The van der Waals surface area contributed by atoms with Crippen molar-refractivity contribution in [2.24, 2.45) is 0 Å². The van der Waals surface area contributed by atoms with Crippen molar-refractivity contribution >= 4 is 21.7 Å². The second-order valence-corrected chi connectivity index (χ2v) is 5.62. The summed E-state index contributed by atoms with van der Waals surface area (Å²) in [7, 11) is -3.06. The Bertz CT molecular complexity index is 335. The van der Waals surface area contributed by atoms with Gasteiger partial charge in [0, 0.05) is 12.7 Å². The van der Waals surface area contributed by atoms with Crippen LogP contribution in [-0.2, 0) is 19.4 Å². The van der Waals surface area contributed by atoms with Gasteiger partial charge in [-0.25, -0.2) is 8.42 Å². The second-order valence-electron chi connectivity index (χ2n) is 3.36. The molecule has 0 aromatic rings. The lowest BCUT2D eigenvalue weighted by Gasteiger charge is -2.08. The van der Waals surface area contributed by atoms with Gasteiger partial charge in [0.2, 0.25) is 5.91 Å². The van der Waals surface area contributed by atoms with E-state index in [4.69, 9.17) is 5.11 Å². The predicted molar refractivity (Wildman–Crippen MR) is 54.2 cm³/mol. The Morgan fingerprint density at radius 3 is 2.33 bits per heavy atom. The lowest BCUT2D eigenvalue weighted by Crippen LogP contribution is -2.38. The van der Waals surface area contributed by atoms with E-state index in [9.17, 15) is 18.0 Å². The van der Waals surface area contributed by atoms with Crippen LogP contribution in [0.2, 0.25) is 0 Å². The molecule has 2 N–H and O–H groups in total. The largest absolute Gasteiger partial charge is 0.480 e. The number of carboxylic acid groups (broad SMARTS) is 1. The van der Waals surface area contributed by atoms with Crippen molar-refractivity contribution in [3.63, 3.8) is 0 Å². The average molecular weight is 237 g/mol. The fraction of sp³-hybridized carbons (Fsp3) is 0.750. The molecule has 0 radical (unpaired) electrons. The Kier molecular flexibility index (Phi) is 5.27. The fourth-order valence-corrected chi connectivity index (χ4v) is 1.54. The van der Waals surface area contributed by atoms with Gasteiger partial charge in [0.1, 0.15) is 15.9 Å². The smallest absolute Gasteiger partial charge is 0.325 e. The molecule has 0 aliphatic rings. The van der Waals surface area contributed by atoms with Crippen LogP contribution in [-0.4, -0.2) is 43.5 Å². The second kappa shape index (κ2) is 5.69. The minimum atomic E-state index is -3.06. The lowest BCUT2D eigenvalue weighted by molar-refractivity contribution is -0.141. The first-order chi connectivity index (χ1) is 6.72. The summed E-state index contributed by atoms with van der Waals surface area (Å²) in [6, 6.07) is -0.948. The summed E-state index contributed by atoms with van der Waals surface area (Å²) in [5, 5.41) is 10.7. The van der Waals surface area contributed by atoms with E-state index in [1.54, 1.807) is 0 Å². The zero-order valence-electron chi connectivity index (χ0n) is 8.69. The Hall–Kier alpha value is -1.11. The van der Waals surface area contributed by atoms with Crippen LogP contribution in [0.5, 0.6) is 0 Å². The van der Waals surface area contributed by atoms with Crippen LogP contribution >= 0.6 is 0 Å². The standard InChI is InChI=1S/C8H15NO5S/c1-6(8(11)12)9-7(10)4-3-5-15(2,13)14/h6H,3-5H2,1-2H3,(H,9,10)(H,11,12). The summed E-state index contributed by atoms with van der Waals surface area (Å²) in [5.41, 5.74) is 0. The number of rotatable bonds is 6. The highest BCUT2D eigenvalue weighted by Gasteiger charge is 2.13. The summed E-state index contributed by atoms with van der Waals surface area (Å²) in [6.45, 7) is 1.34. The average Bonchev–Trinajstić information content (AvgIpc) is 2.01. The quantitative estimate of drug-likeness (QED) is 0.642. The van der Waals surface area contributed by atoms with Crippen LogP contribution in [0.1, 0.15) is 19.8 Å². The summed E-state index contributed by atoms with van der Waals surface area (Å²) in [4.78, 5) is 21.4. The van der Waals surface area contributed by atoms with Gasteiger partial charge in [-0.3, -0.25) is 9.59 Å². The summed E-state index contributed by atoms with van der Waals surface area (Å²) >= 11 is 0. The van der Waals surface area contributed by atoms with Gasteiger partial charge in [0.05, 0.1) is 5.75 Å². The minimum absolute atomic E-state index is 0.0185. The molecular formula is C8H15NO5S. The molecule has 88 valence electrons. The summed E-state index contributed by atoms with van der Waals surface area (Å²) in [5.74, 6) is -1.64. The molecule has 0 aromatic heterocycles. The van der Waals surface area contributed by atoms with Crippen LogP contribution in [0.25, 0.3) is 0 Å². The fourth-order valence-electron chi connectivity index (χ4n) is 0.870. The van der Waals surface area contributed by atoms with Crippen molar-refractivity contribution < 1.29 is 23.1 Å². The summed E-state index contributed by atoms with van der Waals surface area (Å²) < 4.78 is 21.4. The van der Waals surface area contributed by atoms with E-state index in [-0.39, 0.29) is 18.6 Å². The number of carboxylic acids is 1. The Labute approximate surface area is 88.6 Å². The van der Waals surface area contributed by atoms with Crippen LogP contribution in [0.3, 0.4) is 0 Å². The van der Waals surface area contributed by atoms with Gasteiger partial charge >= 0.3 is 5.97 Å². The normalized spacial score (nSPS) is 13.2. The van der Waals surface area contributed by atoms with Crippen molar-refractivity contribution in [2.75, 3.05) is 12.0 Å². The van der Waals surface area contributed by atoms with E-state index in [0.29, 0.717) is 0 Å². The van der Waals surface area contributed by atoms with Crippen molar-refractivity contribution in [1.82, 2.24) is 5.32 Å². The first-order valence-electron chi connectivity index (χ1n) is 4.42. The highest BCUT2D eigenvalue weighted by molar-refractivity contribution is 7.90. The van der Waals surface area contributed by atoms with Gasteiger partial charge in [-0.05, 0) is 13.3 Å². The number of carbonyl (C=O) groups excluding carboxylic acids is 1. The first-order valence-corrected chi connectivity index (χ1v) is 6.48. The topological polar surface area (TPSA) is 101 Å². The van der Waals surface area contributed by atoms with E-state index in [2.05, 4.69) is 5.32 Å². The number of hydrogen-bond acceptors (Lipinski definition) is 4. The molecule has 1 amide bonds. The number of sulfone groups is 1. The highest BCUT2D eigenvalue weighted by atomic mass is 32.2. The maximum Gasteiger partial charge on any atom is 0.325 e. The molecule has 0 aromatic carbocycles. The molecule has 0 bridgehead atoms. The van der Waals surface area contributed by atoms with Crippen molar-refractivity contribution in [3.8, 4) is 0 Å². The van der Waals surface area contributed by atoms with Gasteiger partial charge < -0.3 is 10.4 Å². The SMILES string of the molecule is CC(NC(=O)CCCS(C)(=O)=O)C(=O)O. The maximum atomic E-state index is 11.1. The van der Waals surface area contributed by atoms with Crippen molar-refractivity contribution in [2.45, 2.75) is 25.8 Å². The number of amides is 1.